The second-order valence-electron chi connectivity index (χ2n) is 28.0. The van der Waals surface area contributed by atoms with Gasteiger partial charge in [0.05, 0.1) is 40.3 Å². The minimum atomic E-state index is -1.63. The molecule has 2 unspecified atom stereocenters. The SMILES string of the molecule is CC/C=C\C/C=C\C/C=C\C/C=C\C/C=C\C/C=C\C/C=C\C/C=C\CCCCCCCCCCCCC(=O)OC(COC(=O)CCCCCCCCCCCCCCCCCCCCCCCCC/C=C\CCCCCCCCCC)COC(OCC[N+](C)(C)C)C(=O)[O-]. The number of hydrogen-bond donors (Lipinski definition) is 0. The molecule has 0 heterocycles. The molecule has 548 valence electrons. The zero-order valence-electron chi connectivity index (χ0n) is 62.8. The van der Waals surface area contributed by atoms with Crippen molar-refractivity contribution in [1.82, 2.24) is 0 Å². The number of carboxylic acid groups (broad SMARTS) is 1. The number of carbonyl (C=O) groups excluding carboxylic acids is 3. The molecular formula is C86H151NO8. The molecule has 0 aliphatic heterocycles. The van der Waals surface area contributed by atoms with Crippen LogP contribution < -0.4 is 5.11 Å². The molecule has 0 spiro atoms. The number of quaternary nitrogens is 1. The maximum atomic E-state index is 13.0. The van der Waals surface area contributed by atoms with Gasteiger partial charge in [0.1, 0.15) is 13.2 Å². The number of rotatable bonds is 74. The standard InChI is InChI=1S/C86H151NO8/c1-6-8-10-12-14-16-18-20-22-24-26-28-30-32-34-36-38-40-42-44-46-48-50-52-54-56-58-60-62-64-66-68-70-72-74-76-83(88)93-80-82(81-94-86(85(90)91)92-79-78-87(3,4)5)95-84(89)77-75-73-71-69-67-65-63-61-59-57-55-53-51-49-47-45-43-41-39-37-35-33-31-29-27-25-23-21-19-17-15-13-11-9-7-2/h9,11,15,17,21,23-24,26-27,29,33,35,39,41,45,47,51,53,82,86H,6-8,10,12-14,16,18-20,22,25,28,30-32,34,36-38,40,42-44,46,48-50,52,54-81H2,1-5H3/b11-9-,17-15-,23-21-,26-24-,29-27-,35-33-,41-39-,47-45-,53-51-. The van der Waals surface area contributed by atoms with Crippen molar-refractivity contribution in [1.29, 1.82) is 0 Å². The highest BCUT2D eigenvalue weighted by molar-refractivity contribution is 5.70. The molecule has 9 nitrogen and oxygen atoms in total. The number of esters is 2. The Morgan fingerprint density at radius 1 is 0.326 bits per heavy atom. The van der Waals surface area contributed by atoms with E-state index in [0.717, 1.165) is 96.3 Å². The van der Waals surface area contributed by atoms with Crippen LogP contribution in [0.1, 0.15) is 361 Å². The van der Waals surface area contributed by atoms with E-state index in [2.05, 4.69) is 123 Å². The second kappa shape index (κ2) is 75.7. The lowest BCUT2D eigenvalue weighted by atomic mass is 10.0. The highest BCUT2D eigenvalue weighted by Crippen LogP contribution is 2.19. The van der Waals surface area contributed by atoms with E-state index in [1.807, 2.05) is 21.1 Å². The fourth-order valence-corrected chi connectivity index (χ4v) is 11.4. The van der Waals surface area contributed by atoms with Crippen molar-refractivity contribution in [3.63, 3.8) is 0 Å². The summed E-state index contributed by atoms with van der Waals surface area (Å²) < 4.78 is 22.9. The Hall–Kier alpha value is -4.05. The largest absolute Gasteiger partial charge is 0.545 e. The van der Waals surface area contributed by atoms with Gasteiger partial charge in [-0.25, -0.2) is 0 Å². The predicted molar refractivity (Wildman–Crippen MR) is 407 cm³/mol. The number of unbranched alkanes of at least 4 members (excludes halogenated alkanes) is 41. The Kier molecular flexibility index (Phi) is 72.5. The van der Waals surface area contributed by atoms with Gasteiger partial charge in [-0.15, -0.1) is 0 Å². The van der Waals surface area contributed by atoms with E-state index >= 15 is 0 Å². The van der Waals surface area contributed by atoms with Crippen LogP contribution in [0.4, 0.5) is 0 Å². The summed E-state index contributed by atoms with van der Waals surface area (Å²) >= 11 is 0. The lowest BCUT2D eigenvalue weighted by molar-refractivity contribution is -0.870. The average molecular weight is 1330 g/mol. The Morgan fingerprint density at radius 2 is 0.600 bits per heavy atom. The minimum Gasteiger partial charge on any atom is -0.545 e. The van der Waals surface area contributed by atoms with Crippen molar-refractivity contribution in [2.45, 2.75) is 373 Å². The van der Waals surface area contributed by atoms with Gasteiger partial charge < -0.3 is 33.3 Å². The summed E-state index contributed by atoms with van der Waals surface area (Å²) in [7, 11) is 5.94. The first-order chi connectivity index (χ1) is 46.6. The number of ether oxygens (including phenoxy) is 4. The van der Waals surface area contributed by atoms with E-state index < -0.39 is 24.3 Å². The van der Waals surface area contributed by atoms with Gasteiger partial charge in [-0.1, -0.05) is 354 Å². The van der Waals surface area contributed by atoms with Crippen LogP contribution >= 0.6 is 0 Å². The van der Waals surface area contributed by atoms with E-state index in [4.69, 9.17) is 18.9 Å². The highest BCUT2D eigenvalue weighted by atomic mass is 16.7. The van der Waals surface area contributed by atoms with Crippen molar-refractivity contribution < 1.29 is 42.9 Å². The second-order valence-corrected chi connectivity index (χ2v) is 28.0. The molecule has 0 fully saturated rings. The summed E-state index contributed by atoms with van der Waals surface area (Å²) in [5.74, 6) is -2.28. The predicted octanol–water partition coefficient (Wildman–Crippen LogP) is 24.4. The summed E-state index contributed by atoms with van der Waals surface area (Å²) in [6.45, 7) is 4.67. The van der Waals surface area contributed by atoms with Gasteiger partial charge in [0.15, 0.2) is 12.4 Å². The van der Waals surface area contributed by atoms with Crippen LogP contribution in [0, 0.1) is 0 Å². The molecule has 0 aliphatic rings. The molecule has 0 aromatic heterocycles. The summed E-state index contributed by atoms with van der Waals surface area (Å²) in [5, 5.41) is 11.9. The number of carbonyl (C=O) groups is 3. The lowest BCUT2D eigenvalue weighted by Gasteiger charge is -2.26. The fraction of sp³-hybridized carbons (Fsp3) is 0.756. The van der Waals surface area contributed by atoms with Crippen LogP contribution in [-0.2, 0) is 33.3 Å². The summed E-state index contributed by atoms with van der Waals surface area (Å²) in [5.41, 5.74) is 0. The molecule has 0 rings (SSSR count). The van der Waals surface area contributed by atoms with Gasteiger partial charge in [-0.05, 0) is 103 Å². The summed E-state index contributed by atoms with van der Waals surface area (Å²) in [6, 6.07) is 0. The van der Waals surface area contributed by atoms with E-state index in [1.165, 1.54) is 231 Å². The molecule has 0 aromatic carbocycles. The van der Waals surface area contributed by atoms with Gasteiger partial charge in [0.2, 0.25) is 0 Å². The number of nitrogens with zero attached hydrogens (tertiary/aromatic N) is 1. The quantitative estimate of drug-likeness (QED) is 0.0195. The number of aliphatic carboxylic acids is 1. The molecule has 0 saturated heterocycles. The number of likely N-dealkylation sites (N-methyl/N-ethyl adjacent to an activating group) is 1. The zero-order valence-corrected chi connectivity index (χ0v) is 62.8. The Bertz CT molecular complexity index is 1930. The Balaban J connectivity index is 4.05. The molecule has 0 aliphatic carbocycles. The first kappa shape index (κ1) is 91.0. The van der Waals surface area contributed by atoms with Crippen LogP contribution in [0.3, 0.4) is 0 Å². The molecule has 2 atom stereocenters. The zero-order chi connectivity index (χ0) is 69.0. The molecule has 0 aromatic rings. The van der Waals surface area contributed by atoms with Crippen LogP contribution in [0.25, 0.3) is 0 Å². The third-order valence-electron chi connectivity index (χ3n) is 17.5. The van der Waals surface area contributed by atoms with Crippen LogP contribution in [0.5, 0.6) is 0 Å². The average Bonchev–Trinajstić information content (AvgIpc) is 3.58. The number of hydrogen-bond acceptors (Lipinski definition) is 8. The van der Waals surface area contributed by atoms with Crippen molar-refractivity contribution in [2.24, 2.45) is 0 Å². The van der Waals surface area contributed by atoms with Gasteiger partial charge in [-0.3, -0.25) is 9.59 Å². The van der Waals surface area contributed by atoms with Gasteiger partial charge in [-0.2, -0.15) is 0 Å². The van der Waals surface area contributed by atoms with E-state index in [9.17, 15) is 19.5 Å². The number of carboxylic acids is 1. The third-order valence-corrected chi connectivity index (χ3v) is 17.5. The highest BCUT2D eigenvalue weighted by Gasteiger charge is 2.22. The van der Waals surface area contributed by atoms with Gasteiger partial charge >= 0.3 is 11.9 Å². The molecule has 95 heavy (non-hydrogen) atoms. The fourth-order valence-electron chi connectivity index (χ4n) is 11.4. The molecule has 0 bridgehead atoms. The van der Waals surface area contributed by atoms with E-state index in [-0.39, 0.29) is 32.2 Å². The molecule has 0 saturated carbocycles. The summed E-state index contributed by atoms with van der Waals surface area (Å²) in [4.78, 5) is 37.6. The smallest absolute Gasteiger partial charge is 0.306 e. The van der Waals surface area contributed by atoms with Crippen LogP contribution in [-0.4, -0.2) is 82.3 Å². The molecular weight excluding hydrogens is 1170 g/mol. The first-order valence-corrected chi connectivity index (χ1v) is 40.0. The van der Waals surface area contributed by atoms with Crippen LogP contribution in [0.2, 0.25) is 0 Å². The monoisotopic (exact) mass is 1330 g/mol. The van der Waals surface area contributed by atoms with Gasteiger partial charge in [0.25, 0.3) is 0 Å². The van der Waals surface area contributed by atoms with E-state index in [0.29, 0.717) is 23.9 Å². The minimum absolute atomic E-state index is 0.144. The van der Waals surface area contributed by atoms with Crippen molar-refractivity contribution in [3.8, 4) is 0 Å². The summed E-state index contributed by atoms with van der Waals surface area (Å²) in [6.07, 6.45) is 104. The molecule has 0 amide bonds. The Morgan fingerprint density at radius 3 is 0.905 bits per heavy atom. The molecule has 9 heteroatoms. The van der Waals surface area contributed by atoms with Crippen molar-refractivity contribution in [2.75, 3.05) is 47.5 Å². The Labute approximate surface area is 587 Å². The molecule has 0 radical (unpaired) electrons. The normalized spacial score (nSPS) is 13.2. The lowest BCUT2D eigenvalue weighted by Crippen LogP contribution is -2.44. The van der Waals surface area contributed by atoms with Crippen LogP contribution in [0.15, 0.2) is 109 Å². The molecule has 0 N–H and O–H groups in total. The third kappa shape index (κ3) is 77.2. The van der Waals surface area contributed by atoms with Gasteiger partial charge in [0, 0.05) is 12.8 Å². The first-order valence-electron chi connectivity index (χ1n) is 40.0. The maximum absolute atomic E-state index is 13.0. The maximum Gasteiger partial charge on any atom is 0.306 e. The number of allylic oxidation sites excluding steroid dienone is 18. The van der Waals surface area contributed by atoms with E-state index in [1.54, 1.807) is 0 Å². The van der Waals surface area contributed by atoms with Crippen molar-refractivity contribution in [3.05, 3.63) is 109 Å². The van der Waals surface area contributed by atoms with Crippen molar-refractivity contribution >= 4 is 17.9 Å². The topological polar surface area (TPSA) is 111 Å².